The number of carbonyl (C=O) groups excluding carboxylic acids is 1. The summed E-state index contributed by atoms with van der Waals surface area (Å²) in [7, 11) is 3.69. The van der Waals surface area contributed by atoms with Gasteiger partial charge in [-0.2, -0.15) is 0 Å². The number of carboxylic acids is 1. The van der Waals surface area contributed by atoms with Crippen LogP contribution in [0.2, 0.25) is 0 Å². The van der Waals surface area contributed by atoms with E-state index in [2.05, 4.69) is 9.97 Å². The molecular formula is C27H35N5O4. The van der Waals surface area contributed by atoms with E-state index in [1.807, 2.05) is 68.7 Å². The summed E-state index contributed by atoms with van der Waals surface area (Å²) in [6.07, 6.45) is 9.03. The summed E-state index contributed by atoms with van der Waals surface area (Å²) in [6.45, 7) is 6.78. The van der Waals surface area contributed by atoms with Crippen LogP contribution in [0.5, 0.6) is 0 Å². The zero-order chi connectivity index (χ0) is 26.0. The van der Waals surface area contributed by atoms with E-state index in [1.54, 1.807) is 17.2 Å². The number of rotatable bonds is 8. The van der Waals surface area contributed by atoms with Gasteiger partial charge in [-0.25, -0.2) is 14.6 Å². The molecule has 0 bridgehead atoms. The van der Waals surface area contributed by atoms with E-state index in [1.165, 1.54) is 6.42 Å². The van der Waals surface area contributed by atoms with Crippen molar-refractivity contribution in [3.05, 3.63) is 59.3 Å². The van der Waals surface area contributed by atoms with Crippen molar-refractivity contribution in [3.63, 3.8) is 0 Å². The van der Waals surface area contributed by atoms with Crippen LogP contribution in [0.1, 0.15) is 67.3 Å². The quantitative estimate of drug-likeness (QED) is 0.489. The standard InChI is InChI=1S/C27H35N5O4/c1-27(2,3)36-26(35)32(14-18-7-6-8-18)16-19-9-10-24-29-20(17-31(24)15-19)11-23-22(25(33)34)12-21(13-28-23)30(4)5/h9-10,12-13,15,17-18H,6-8,11,14,16H2,1-5H3,(H,33,34). The number of pyridine rings is 2. The van der Waals surface area contributed by atoms with E-state index in [0.29, 0.717) is 31.1 Å². The van der Waals surface area contributed by atoms with Crippen LogP contribution in [0.4, 0.5) is 10.5 Å². The maximum Gasteiger partial charge on any atom is 0.410 e. The summed E-state index contributed by atoms with van der Waals surface area (Å²) in [5.74, 6) is -0.489. The first-order valence-corrected chi connectivity index (χ1v) is 12.3. The van der Waals surface area contributed by atoms with Gasteiger partial charge < -0.3 is 24.0 Å². The molecule has 1 saturated carbocycles. The number of fused-ring (bicyclic) bond motifs is 1. The molecule has 3 aromatic heterocycles. The highest BCUT2D eigenvalue weighted by molar-refractivity contribution is 5.90. The number of aromatic nitrogens is 3. The topological polar surface area (TPSA) is 100 Å². The highest BCUT2D eigenvalue weighted by atomic mass is 16.6. The highest BCUT2D eigenvalue weighted by Gasteiger charge is 2.27. The van der Waals surface area contributed by atoms with E-state index in [9.17, 15) is 14.7 Å². The second kappa shape index (κ2) is 10.2. The molecule has 3 heterocycles. The Labute approximate surface area is 211 Å². The van der Waals surface area contributed by atoms with Gasteiger partial charge in [0.15, 0.2) is 0 Å². The van der Waals surface area contributed by atoms with Crippen LogP contribution in [0, 0.1) is 5.92 Å². The summed E-state index contributed by atoms with van der Waals surface area (Å²) >= 11 is 0. The van der Waals surface area contributed by atoms with Crippen molar-refractivity contribution in [2.45, 2.75) is 58.6 Å². The number of hydrogen-bond donors (Lipinski definition) is 1. The van der Waals surface area contributed by atoms with Gasteiger partial charge in [-0.3, -0.25) is 4.98 Å². The summed E-state index contributed by atoms with van der Waals surface area (Å²) in [5.41, 5.74) is 3.25. The monoisotopic (exact) mass is 493 g/mol. The van der Waals surface area contributed by atoms with Crippen LogP contribution in [0.3, 0.4) is 0 Å². The lowest BCUT2D eigenvalue weighted by Gasteiger charge is -2.33. The predicted octanol–water partition coefficient (Wildman–Crippen LogP) is 4.62. The molecule has 1 N–H and O–H groups in total. The zero-order valence-corrected chi connectivity index (χ0v) is 21.7. The fraction of sp³-hybridized carbons (Fsp3) is 0.481. The van der Waals surface area contributed by atoms with Gasteiger partial charge in [-0.05, 0) is 57.2 Å². The average molecular weight is 494 g/mol. The van der Waals surface area contributed by atoms with Gasteiger partial charge in [0.2, 0.25) is 0 Å². The minimum absolute atomic E-state index is 0.169. The van der Waals surface area contributed by atoms with Gasteiger partial charge in [-0.1, -0.05) is 12.5 Å². The van der Waals surface area contributed by atoms with Gasteiger partial charge in [-0.15, -0.1) is 0 Å². The summed E-state index contributed by atoms with van der Waals surface area (Å²) in [4.78, 5) is 37.4. The Morgan fingerprint density at radius 3 is 2.56 bits per heavy atom. The van der Waals surface area contributed by atoms with Crippen molar-refractivity contribution in [1.29, 1.82) is 0 Å². The molecule has 0 aliphatic heterocycles. The second-order valence-corrected chi connectivity index (χ2v) is 10.8. The number of hydrogen-bond acceptors (Lipinski definition) is 6. The van der Waals surface area contributed by atoms with Crippen molar-refractivity contribution in [2.75, 3.05) is 25.5 Å². The molecule has 1 aliphatic rings. The lowest BCUT2D eigenvalue weighted by molar-refractivity contribution is 0.0172. The molecule has 1 amide bonds. The number of carbonyl (C=O) groups is 2. The Balaban J connectivity index is 1.54. The molecule has 9 heteroatoms. The maximum atomic E-state index is 12.9. The van der Waals surface area contributed by atoms with Crippen molar-refractivity contribution in [1.82, 2.24) is 19.3 Å². The number of aromatic carboxylic acids is 1. The third kappa shape index (κ3) is 6.13. The molecule has 3 aromatic rings. The van der Waals surface area contributed by atoms with Gasteiger partial charge in [0.25, 0.3) is 0 Å². The molecule has 1 aliphatic carbocycles. The van der Waals surface area contributed by atoms with Crippen molar-refractivity contribution < 1.29 is 19.4 Å². The van der Waals surface area contributed by atoms with Gasteiger partial charge in [0, 0.05) is 39.5 Å². The fourth-order valence-electron chi connectivity index (χ4n) is 4.23. The molecule has 1 fully saturated rings. The number of ether oxygens (including phenoxy) is 1. The molecule has 36 heavy (non-hydrogen) atoms. The van der Waals surface area contributed by atoms with Gasteiger partial charge >= 0.3 is 12.1 Å². The van der Waals surface area contributed by atoms with E-state index in [0.717, 1.165) is 35.4 Å². The van der Waals surface area contributed by atoms with E-state index in [4.69, 9.17) is 4.74 Å². The number of imidazole rings is 1. The summed E-state index contributed by atoms with van der Waals surface area (Å²) < 4.78 is 7.58. The first kappa shape index (κ1) is 25.5. The van der Waals surface area contributed by atoms with Gasteiger partial charge in [0.1, 0.15) is 11.2 Å². The largest absolute Gasteiger partial charge is 0.478 e. The van der Waals surface area contributed by atoms with Crippen molar-refractivity contribution in [2.24, 2.45) is 5.92 Å². The molecule has 0 unspecified atom stereocenters. The molecular weight excluding hydrogens is 458 g/mol. The number of carboxylic acid groups (broad SMARTS) is 1. The predicted molar refractivity (Wildman–Crippen MR) is 138 cm³/mol. The third-order valence-corrected chi connectivity index (χ3v) is 6.34. The van der Waals surface area contributed by atoms with Crippen LogP contribution >= 0.6 is 0 Å². The maximum absolute atomic E-state index is 12.9. The molecule has 0 aromatic carbocycles. The van der Waals surface area contributed by atoms with Crippen LogP contribution in [0.25, 0.3) is 5.65 Å². The second-order valence-electron chi connectivity index (χ2n) is 10.8. The SMILES string of the molecule is CN(C)c1cnc(Cc2cn3cc(CN(CC4CCC4)C(=O)OC(C)(C)C)ccc3n2)c(C(=O)O)c1. The van der Waals surface area contributed by atoms with Crippen molar-refractivity contribution >= 4 is 23.4 Å². The molecule has 192 valence electrons. The Morgan fingerprint density at radius 1 is 1.19 bits per heavy atom. The van der Waals surface area contributed by atoms with E-state index in [-0.39, 0.29) is 11.7 Å². The minimum Gasteiger partial charge on any atom is -0.478 e. The summed E-state index contributed by atoms with van der Waals surface area (Å²) in [5, 5.41) is 9.68. The molecule has 0 saturated heterocycles. The fourth-order valence-corrected chi connectivity index (χ4v) is 4.23. The first-order chi connectivity index (χ1) is 17.0. The highest BCUT2D eigenvalue weighted by Crippen LogP contribution is 2.28. The smallest absolute Gasteiger partial charge is 0.410 e. The Kier molecular flexibility index (Phi) is 7.19. The molecule has 9 nitrogen and oxygen atoms in total. The number of nitrogens with zero attached hydrogens (tertiary/aromatic N) is 5. The van der Waals surface area contributed by atoms with Gasteiger partial charge in [0.05, 0.1) is 35.4 Å². The normalized spacial score (nSPS) is 13.9. The molecule has 0 radical (unpaired) electrons. The molecule has 4 rings (SSSR count). The zero-order valence-electron chi connectivity index (χ0n) is 21.7. The third-order valence-electron chi connectivity index (χ3n) is 6.34. The Hall–Kier alpha value is -3.62. The first-order valence-electron chi connectivity index (χ1n) is 12.3. The number of anilines is 1. The van der Waals surface area contributed by atoms with Crippen LogP contribution in [0.15, 0.2) is 36.8 Å². The lowest BCUT2D eigenvalue weighted by atomic mass is 9.85. The molecule has 0 spiro atoms. The lowest BCUT2D eigenvalue weighted by Crippen LogP contribution is -2.40. The van der Waals surface area contributed by atoms with Crippen molar-refractivity contribution in [3.8, 4) is 0 Å². The Bertz CT molecular complexity index is 1260. The summed E-state index contributed by atoms with van der Waals surface area (Å²) in [6, 6.07) is 5.51. The van der Waals surface area contributed by atoms with Crippen LogP contribution in [-0.2, 0) is 17.7 Å². The van der Waals surface area contributed by atoms with Crippen LogP contribution < -0.4 is 4.90 Å². The van der Waals surface area contributed by atoms with Crippen LogP contribution in [-0.4, -0.2) is 62.7 Å². The minimum atomic E-state index is -1.01. The Morgan fingerprint density at radius 2 is 1.94 bits per heavy atom. The average Bonchev–Trinajstić information content (AvgIpc) is 3.15. The number of amides is 1. The molecule has 0 atom stereocenters. The van der Waals surface area contributed by atoms with E-state index < -0.39 is 11.6 Å². The van der Waals surface area contributed by atoms with E-state index >= 15 is 0 Å².